The van der Waals surface area contributed by atoms with E-state index in [9.17, 15) is 4.79 Å². The lowest BCUT2D eigenvalue weighted by molar-refractivity contribution is -0.121. The Morgan fingerprint density at radius 1 is 1.21 bits per heavy atom. The van der Waals surface area contributed by atoms with Crippen LogP contribution in [0, 0.1) is 6.92 Å². The highest BCUT2D eigenvalue weighted by Crippen LogP contribution is 2.32. The maximum atomic E-state index is 12.5. The predicted molar refractivity (Wildman–Crippen MR) is 108 cm³/mol. The summed E-state index contributed by atoms with van der Waals surface area (Å²) in [4.78, 5) is 12.5. The van der Waals surface area contributed by atoms with E-state index in [2.05, 4.69) is 10.4 Å². The van der Waals surface area contributed by atoms with E-state index >= 15 is 0 Å². The van der Waals surface area contributed by atoms with E-state index in [1.54, 1.807) is 13.3 Å². The van der Waals surface area contributed by atoms with Crippen molar-refractivity contribution in [2.45, 2.75) is 26.3 Å². The Morgan fingerprint density at radius 2 is 1.97 bits per heavy atom. The number of ether oxygens (including phenoxy) is 3. The van der Waals surface area contributed by atoms with Crippen molar-refractivity contribution in [2.24, 2.45) is 0 Å². The highest BCUT2D eigenvalue weighted by molar-refractivity contribution is 5.79. The van der Waals surface area contributed by atoms with Gasteiger partial charge in [-0.2, -0.15) is 5.10 Å². The van der Waals surface area contributed by atoms with Crippen molar-refractivity contribution in [3.63, 3.8) is 0 Å². The van der Waals surface area contributed by atoms with Gasteiger partial charge in [0, 0.05) is 11.3 Å². The first-order valence-electron chi connectivity index (χ1n) is 9.42. The van der Waals surface area contributed by atoms with Gasteiger partial charge >= 0.3 is 0 Å². The molecule has 150 valence electrons. The monoisotopic (exact) mass is 393 g/mol. The average Bonchev–Trinajstić information content (AvgIpc) is 3.34. The number of methoxy groups -OCH3 is 1. The van der Waals surface area contributed by atoms with Crippen LogP contribution in [-0.4, -0.2) is 29.6 Å². The summed E-state index contributed by atoms with van der Waals surface area (Å²) < 4.78 is 17.7. The number of hydrogen-bond acceptors (Lipinski definition) is 5. The first kappa shape index (κ1) is 18.9. The molecule has 2 heterocycles. The van der Waals surface area contributed by atoms with Crippen molar-refractivity contribution in [1.82, 2.24) is 15.1 Å². The second-order valence-electron chi connectivity index (χ2n) is 6.95. The van der Waals surface area contributed by atoms with Gasteiger partial charge in [0.25, 0.3) is 0 Å². The molecule has 1 aliphatic rings. The third-order valence-corrected chi connectivity index (χ3v) is 5.01. The first-order valence-corrected chi connectivity index (χ1v) is 9.42. The molecule has 7 nitrogen and oxygen atoms in total. The third-order valence-electron chi connectivity index (χ3n) is 5.01. The Balaban J connectivity index is 1.43. The molecule has 1 unspecified atom stereocenters. The van der Waals surface area contributed by atoms with Crippen LogP contribution < -0.4 is 19.5 Å². The number of carbonyl (C=O) groups excluding carboxylic acids is 1. The smallest absolute Gasteiger partial charge is 0.231 e. The van der Waals surface area contributed by atoms with Crippen molar-refractivity contribution in [2.75, 3.05) is 13.9 Å². The third kappa shape index (κ3) is 3.89. The van der Waals surface area contributed by atoms with Crippen LogP contribution in [0.1, 0.15) is 29.8 Å². The lowest BCUT2D eigenvalue weighted by Gasteiger charge is -2.14. The van der Waals surface area contributed by atoms with Crippen LogP contribution in [0.2, 0.25) is 0 Å². The van der Waals surface area contributed by atoms with Gasteiger partial charge in [0.2, 0.25) is 12.7 Å². The van der Waals surface area contributed by atoms with E-state index < -0.39 is 0 Å². The van der Waals surface area contributed by atoms with Crippen LogP contribution in [0.4, 0.5) is 0 Å². The van der Waals surface area contributed by atoms with E-state index in [0.29, 0.717) is 11.5 Å². The predicted octanol–water partition coefficient (Wildman–Crippen LogP) is 3.34. The molecule has 1 N–H and O–H groups in total. The summed E-state index contributed by atoms with van der Waals surface area (Å²) in [5.41, 5.74) is 3.77. The van der Waals surface area contributed by atoms with Crippen LogP contribution >= 0.6 is 0 Å². The molecule has 1 aliphatic heterocycles. The topological polar surface area (TPSA) is 74.6 Å². The number of aromatic nitrogens is 2. The van der Waals surface area contributed by atoms with Gasteiger partial charge in [-0.3, -0.25) is 4.79 Å². The zero-order valence-corrected chi connectivity index (χ0v) is 16.6. The number of benzene rings is 2. The van der Waals surface area contributed by atoms with Gasteiger partial charge in [-0.25, -0.2) is 4.68 Å². The molecule has 1 amide bonds. The summed E-state index contributed by atoms with van der Waals surface area (Å²) in [6.45, 7) is 4.17. The fourth-order valence-corrected chi connectivity index (χ4v) is 3.44. The first-order chi connectivity index (χ1) is 14.0. The minimum atomic E-state index is -0.163. The molecule has 1 atom stereocenters. The summed E-state index contributed by atoms with van der Waals surface area (Å²) in [6.07, 6.45) is 2.07. The SMILES string of the molecule is COc1ccc(-n2ncc(C(C)NC(=O)Cc3ccc4c(c3)OCO4)c2C)cc1. The second-order valence-corrected chi connectivity index (χ2v) is 6.95. The van der Waals surface area contributed by atoms with E-state index in [0.717, 1.165) is 28.3 Å². The fraction of sp³-hybridized carbons (Fsp3) is 0.273. The van der Waals surface area contributed by atoms with Crippen molar-refractivity contribution in [3.8, 4) is 22.9 Å². The maximum absolute atomic E-state index is 12.5. The second kappa shape index (κ2) is 7.87. The summed E-state index contributed by atoms with van der Waals surface area (Å²) in [5.74, 6) is 2.12. The van der Waals surface area contributed by atoms with Crippen molar-refractivity contribution >= 4 is 5.91 Å². The van der Waals surface area contributed by atoms with Gasteiger partial charge in [-0.1, -0.05) is 6.07 Å². The lowest BCUT2D eigenvalue weighted by atomic mass is 10.1. The normalized spacial score (nSPS) is 13.2. The van der Waals surface area contributed by atoms with Crippen LogP contribution in [0.15, 0.2) is 48.7 Å². The van der Waals surface area contributed by atoms with Crippen LogP contribution in [0.5, 0.6) is 17.2 Å². The van der Waals surface area contributed by atoms with Crippen LogP contribution in [-0.2, 0) is 11.2 Å². The number of nitrogens with zero attached hydrogens (tertiary/aromatic N) is 2. The zero-order valence-electron chi connectivity index (χ0n) is 16.6. The number of amides is 1. The molecular formula is C22H23N3O4. The number of fused-ring (bicyclic) bond motifs is 1. The fourth-order valence-electron chi connectivity index (χ4n) is 3.44. The largest absolute Gasteiger partial charge is 0.497 e. The number of hydrogen-bond donors (Lipinski definition) is 1. The molecule has 4 rings (SSSR count). The average molecular weight is 393 g/mol. The van der Waals surface area contributed by atoms with E-state index in [1.165, 1.54) is 0 Å². The summed E-state index contributed by atoms with van der Waals surface area (Å²) >= 11 is 0. The molecule has 0 radical (unpaired) electrons. The minimum absolute atomic E-state index is 0.0621. The number of nitrogens with one attached hydrogen (secondary N) is 1. The Hall–Kier alpha value is -3.48. The quantitative estimate of drug-likeness (QED) is 0.695. The molecule has 3 aromatic rings. The Labute approximate surface area is 169 Å². The molecule has 2 aromatic carbocycles. The Kier molecular flexibility index (Phi) is 5.12. The molecular weight excluding hydrogens is 370 g/mol. The van der Waals surface area contributed by atoms with Crippen LogP contribution in [0.25, 0.3) is 5.69 Å². The summed E-state index contributed by atoms with van der Waals surface area (Å²) in [5, 5.41) is 7.54. The van der Waals surface area contributed by atoms with Gasteiger partial charge in [0.1, 0.15) is 5.75 Å². The molecule has 0 spiro atoms. The highest BCUT2D eigenvalue weighted by atomic mass is 16.7. The van der Waals surface area contributed by atoms with Crippen LogP contribution in [0.3, 0.4) is 0 Å². The van der Waals surface area contributed by atoms with E-state index in [1.807, 2.05) is 61.0 Å². The number of carbonyl (C=O) groups is 1. The standard InChI is InChI=1S/C22H23N3O4/c1-14(24-22(26)11-16-4-9-20-21(10-16)29-13-28-20)19-12-23-25(15(19)2)17-5-7-18(27-3)8-6-17/h4-10,12,14H,11,13H2,1-3H3,(H,24,26). The van der Waals surface area contributed by atoms with Gasteiger partial charge < -0.3 is 19.5 Å². The molecule has 7 heteroatoms. The van der Waals surface area contributed by atoms with E-state index in [4.69, 9.17) is 14.2 Å². The zero-order chi connectivity index (χ0) is 20.4. The van der Waals surface area contributed by atoms with Crippen molar-refractivity contribution in [1.29, 1.82) is 0 Å². The van der Waals surface area contributed by atoms with E-state index in [-0.39, 0.29) is 25.2 Å². The molecule has 0 fully saturated rings. The Bertz CT molecular complexity index is 1030. The molecule has 29 heavy (non-hydrogen) atoms. The van der Waals surface area contributed by atoms with Crippen molar-refractivity contribution in [3.05, 3.63) is 65.5 Å². The summed E-state index contributed by atoms with van der Waals surface area (Å²) in [6, 6.07) is 13.1. The van der Waals surface area contributed by atoms with Crippen molar-refractivity contribution < 1.29 is 19.0 Å². The number of rotatable bonds is 6. The molecule has 0 saturated carbocycles. The molecule has 0 bridgehead atoms. The molecule has 1 aromatic heterocycles. The van der Waals surface area contributed by atoms with Gasteiger partial charge in [-0.15, -0.1) is 0 Å². The molecule has 0 aliphatic carbocycles. The van der Waals surface area contributed by atoms with Gasteiger partial charge in [0.05, 0.1) is 31.5 Å². The summed E-state index contributed by atoms with van der Waals surface area (Å²) in [7, 11) is 1.64. The van der Waals surface area contributed by atoms with Gasteiger partial charge in [0.15, 0.2) is 11.5 Å². The Morgan fingerprint density at radius 3 is 2.72 bits per heavy atom. The maximum Gasteiger partial charge on any atom is 0.231 e. The van der Waals surface area contributed by atoms with Gasteiger partial charge in [-0.05, 0) is 55.8 Å². The lowest BCUT2D eigenvalue weighted by Crippen LogP contribution is -2.28. The minimum Gasteiger partial charge on any atom is -0.497 e. The molecule has 0 saturated heterocycles. The highest BCUT2D eigenvalue weighted by Gasteiger charge is 2.18.